The lowest BCUT2D eigenvalue weighted by molar-refractivity contribution is 0.598. The maximum absolute atomic E-state index is 6.25. The van der Waals surface area contributed by atoms with Gasteiger partial charge in [-0.1, -0.05) is 38.5 Å². The van der Waals surface area contributed by atoms with Crippen LogP contribution >= 0.6 is 0 Å². The van der Waals surface area contributed by atoms with Crippen molar-refractivity contribution in [3.63, 3.8) is 0 Å². The van der Waals surface area contributed by atoms with E-state index in [4.69, 9.17) is 5.73 Å². The largest absolute Gasteiger partial charge is 0.396 e. The molecule has 1 aromatic heterocycles. The Balaban J connectivity index is 2.53. The van der Waals surface area contributed by atoms with Gasteiger partial charge in [0.2, 0.25) is 0 Å². The molecule has 3 nitrogen and oxygen atoms in total. The lowest BCUT2D eigenvalue weighted by atomic mass is 10.1. The first-order valence-electron chi connectivity index (χ1n) is 7.58. The number of nitrogens with zero attached hydrogens (tertiary/aromatic N) is 2. The minimum atomic E-state index is 0.481. The van der Waals surface area contributed by atoms with Crippen molar-refractivity contribution in [2.45, 2.75) is 46.1 Å². The van der Waals surface area contributed by atoms with E-state index in [1.807, 2.05) is 12.1 Å². The van der Waals surface area contributed by atoms with Crippen LogP contribution in [0.5, 0.6) is 0 Å². The molecular weight excluding hydrogens is 246 g/mol. The molecule has 0 radical (unpaired) electrons. The number of nitrogens with two attached hydrogens (primary N) is 1. The molecule has 0 bridgehead atoms. The lowest BCUT2D eigenvalue weighted by Gasteiger charge is -2.32. The van der Waals surface area contributed by atoms with E-state index < -0.39 is 0 Å². The Hall–Kier alpha value is -1.77. The Kier molecular flexibility index (Phi) is 4.83. The number of fused-ring (bicyclic) bond motifs is 1. The van der Waals surface area contributed by atoms with Gasteiger partial charge in [0, 0.05) is 18.0 Å². The standard InChI is InChI=1S/C17H25N3/c1-4-6-11-20(13(3)5-2)17-14-9-7-8-10-16(14)19-12-15(17)18/h7-10,12-13H,4-6,11,18H2,1-3H3. The molecule has 2 N–H and O–H groups in total. The Morgan fingerprint density at radius 1 is 1.25 bits per heavy atom. The van der Waals surface area contributed by atoms with E-state index in [0.717, 1.165) is 35.2 Å². The number of para-hydroxylation sites is 1. The molecule has 0 aliphatic heterocycles. The lowest BCUT2D eigenvalue weighted by Crippen LogP contribution is -2.34. The van der Waals surface area contributed by atoms with Gasteiger partial charge in [-0.15, -0.1) is 0 Å². The van der Waals surface area contributed by atoms with E-state index in [1.54, 1.807) is 6.20 Å². The van der Waals surface area contributed by atoms with Gasteiger partial charge in [-0.05, 0) is 25.8 Å². The Morgan fingerprint density at radius 3 is 2.70 bits per heavy atom. The van der Waals surface area contributed by atoms with Gasteiger partial charge < -0.3 is 10.6 Å². The zero-order chi connectivity index (χ0) is 14.5. The van der Waals surface area contributed by atoms with Gasteiger partial charge in [0.25, 0.3) is 0 Å². The number of unbranched alkanes of at least 4 members (excludes halogenated alkanes) is 1. The van der Waals surface area contributed by atoms with Crippen LogP contribution in [0.15, 0.2) is 30.5 Å². The third kappa shape index (κ3) is 2.87. The smallest absolute Gasteiger partial charge is 0.0745 e. The predicted octanol–water partition coefficient (Wildman–Crippen LogP) is 4.22. The van der Waals surface area contributed by atoms with Crippen LogP contribution in [0, 0.1) is 0 Å². The van der Waals surface area contributed by atoms with Crippen LogP contribution < -0.4 is 10.6 Å². The quantitative estimate of drug-likeness (QED) is 0.855. The van der Waals surface area contributed by atoms with Crippen LogP contribution in [0.4, 0.5) is 11.4 Å². The molecule has 0 saturated heterocycles. The molecule has 20 heavy (non-hydrogen) atoms. The number of rotatable bonds is 6. The minimum Gasteiger partial charge on any atom is -0.396 e. The molecular formula is C17H25N3. The summed E-state index contributed by atoms with van der Waals surface area (Å²) < 4.78 is 0. The van der Waals surface area contributed by atoms with E-state index >= 15 is 0 Å². The second kappa shape index (κ2) is 6.60. The molecule has 1 aromatic carbocycles. The van der Waals surface area contributed by atoms with E-state index in [1.165, 1.54) is 12.8 Å². The number of nitrogen functional groups attached to an aromatic ring is 1. The second-order valence-corrected chi connectivity index (χ2v) is 5.38. The van der Waals surface area contributed by atoms with Crippen molar-refractivity contribution in [3.05, 3.63) is 30.5 Å². The van der Waals surface area contributed by atoms with Crippen molar-refractivity contribution in [1.29, 1.82) is 0 Å². The first-order valence-corrected chi connectivity index (χ1v) is 7.58. The van der Waals surface area contributed by atoms with Gasteiger partial charge in [-0.25, -0.2) is 0 Å². The fraction of sp³-hybridized carbons (Fsp3) is 0.471. The van der Waals surface area contributed by atoms with Gasteiger partial charge >= 0.3 is 0 Å². The first-order chi connectivity index (χ1) is 9.69. The van der Waals surface area contributed by atoms with Gasteiger partial charge in [0.05, 0.1) is 23.1 Å². The highest BCUT2D eigenvalue weighted by Gasteiger charge is 2.18. The summed E-state index contributed by atoms with van der Waals surface area (Å²) in [7, 11) is 0. The molecule has 0 spiro atoms. The average molecular weight is 271 g/mol. The fourth-order valence-electron chi connectivity index (χ4n) is 2.56. The zero-order valence-corrected chi connectivity index (χ0v) is 12.8. The highest BCUT2D eigenvalue weighted by Crippen LogP contribution is 2.33. The third-order valence-electron chi connectivity index (χ3n) is 3.94. The second-order valence-electron chi connectivity index (χ2n) is 5.38. The highest BCUT2D eigenvalue weighted by molar-refractivity contribution is 5.97. The summed E-state index contributed by atoms with van der Waals surface area (Å²) in [4.78, 5) is 6.88. The van der Waals surface area contributed by atoms with Crippen LogP contribution in [-0.4, -0.2) is 17.6 Å². The number of hydrogen-bond donors (Lipinski definition) is 1. The van der Waals surface area contributed by atoms with Crippen LogP contribution in [0.2, 0.25) is 0 Å². The molecule has 108 valence electrons. The van der Waals surface area contributed by atoms with Crippen LogP contribution in [0.1, 0.15) is 40.0 Å². The summed E-state index contributed by atoms with van der Waals surface area (Å²) in [6.07, 6.45) is 5.27. The summed E-state index contributed by atoms with van der Waals surface area (Å²) in [6, 6.07) is 8.73. The average Bonchev–Trinajstić information content (AvgIpc) is 2.48. The molecule has 0 saturated carbocycles. The molecule has 1 unspecified atom stereocenters. The maximum Gasteiger partial charge on any atom is 0.0745 e. The number of aromatic nitrogens is 1. The van der Waals surface area contributed by atoms with Gasteiger partial charge in [0.15, 0.2) is 0 Å². The van der Waals surface area contributed by atoms with Gasteiger partial charge in [-0.3, -0.25) is 4.98 Å². The number of hydrogen-bond acceptors (Lipinski definition) is 3. The van der Waals surface area contributed by atoms with E-state index in [9.17, 15) is 0 Å². The third-order valence-corrected chi connectivity index (χ3v) is 3.94. The van der Waals surface area contributed by atoms with Crippen molar-refractivity contribution in [2.75, 3.05) is 17.2 Å². The van der Waals surface area contributed by atoms with Crippen LogP contribution in [0.25, 0.3) is 10.9 Å². The topological polar surface area (TPSA) is 42.1 Å². The highest BCUT2D eigenvalue weighted by atomic mass is 15.2. The van der Waals surface area contributed by atoms with Crippen molar-refractivity contribution in [1.82, 2.24) is 4.98 Å². The van der Waals surface area contributed by atoms with Crippen LogP contribution in [-0.2, 0) is 0 Å². The zero-order valence-electron chi connectivity index (χ0n) is 12.8. The van der Waals surface area contributed by atoms with Crippen molar-refractivity contribution in [3.8, 4) is 0 Å². The molecule has 0 fully saturated rings. The van der Waals surface area contributed by atoms with Crippen molar-refractivity contribution < 1.29 is 0 Å². The van der Waals surface area contributed by atoms with Gasteiger partial charge in [0.1, 0.15) is 0 Å². The summed E-state index contributed by atoms with van der Waals surface area (Å²) in [5, 5.41) is 1.16. The Morgan fingerprint density at radius 2 is 2.00 bits per heavy atom. The minimum absolute atomic E-state index is 0.481. The van der Waals surface area contributed by atoms with Gasteiger partial charge in [-0.2, -0.15) is 0 Å². The van der Waals surface area contributed by atoms with Crippen molar-refractivity contribution in [2.24, 2.45) is 0 Å². The predicted molar refractivity (Wildman–Crippen MR) is 88.2 cm³/mol. The molecule has 1 atom stereocenters. The molecule has 0 amide bonds. The maximum atomic E-state index is 6.25. The number of benzene rings is 1. The monoisotopic (exact) mass is 271 g/mol. The normalized spacial score (nSPS) is 12.6. The molecule has 2 rings (SSSR count). The van der Waals surface area contributed by atoms with E-state index in [0.29, 0.717) is 6.04 Å². The first kappa shape index (κ1) is 14.6. The Labute approximate surface area is 121 Å². The Bertz CT molecular complexity index is 565. The fourth-order valence-corrected chi connectivity index (χ4v) is 2.56. The molecule has 0 aliphatic carbocycles. The summed E-state index contributed by atoms with van der Waals surface area (Å²) >= 11 is 0. The molecule has 1 heterocycles. The van der Waals surface area contributed by atoms with Crippen LogP contribution in [0.3, 0.4) is 0 Å². The van der Waals surface area contributed by atoms with E-state index in [2.05, 4.69) is 42.8 Å². The number of anilines is 2. The SMILES string of the molecule is CCCCN(c1c(N)cnc2ccccc12)C(C)CC. The summed E-state index contributed by atoms with van der Waals surface area (Å²) in [5.41, 5.74) is 9.19. The van der Waals surface area contributed by atoms with Crippen molar-refractivity contribution >= 4 is 22.3 Å². The molecule has 3 heteroatoms. The van der Waals surface area contributed by atoms with E-state index in [-0.39, 0.29) is 0 Å². The number of pyridine rings is 1. The summed E-state index contributed by atoms with van der Waals surface area (Å²) in [6.45, 7) is 7.76. The molecule has 2 aromatic rings. The summed E-state index contributed by atoms with van der Waals surface area (Å²) in [5.74, 6) is 0. The molecule has 0 aliphatic rings.